The normalized spacial score (nSPS) is 10.4. The maximum absolute atomic E-state index is 11.5. The van der Waals surface area contributed by atoms with Crippen molar-refractivity contribution in [2.24, 2.45) is 0 Å². The van der Waals surface area contributed by atoms with Gasteiger partial charge in [-0.25, -0.2) is 9.78 Å². The SMILES string of the molecule is CC(C)OCCOC(=O)c1ccnc(N)c1. The Kier molecular flexibility index (Phi) is 4.72. The molecule has 1 aromatic rings. The minimum absolute atomic E-state index is 0.135. The van der Waals surface area contributed by atoms with Gasteiger partial charge in [-0.05, 0) is 26.0 Å². The lowest BCUT2D eigenvalue weighted by Crippen LogP contribution is -2.13. The van der Waals surface area contributed by atoms with Crippen LogP contribution in [0, 0.1) is 0 Å². The molecule has 0 saturated heterocycles. The third-order valence-corrected chi connectivity index (χ3v) is 1.78. The van der Waals surface area contributed by atoms with Crippen LogP contribution in [0.25, 0.3) is 0 Å². The first-order valence-electron chi connectivity index (χ1n) is 5.10. The predicted molar refractivity (Wildman–Crippen MR) is 60.0 cm³/mol. The molecule has 0 bridgehead atoms. The van der Waals surface area contributed by atoms with Crippen LogP contribution in [0.4, 0.5) is 5.82 Å². The lowest BCUT2D eigenvalue weighted by molar-refractivity contribution is 0.0177. The monoisotopic (exact) mass is 224 g/mol. The van der Waals surface area contributed by atoms with E-state index in [1.807, 2.05) is 13.8 Å². The number of nitrogen functional groups attached to an aromatic ring is 1. The van der Waals surface area contributed by atoms with Crippen LogP contribution in [0.1, 0.15) is 24.2 Å². The van der Waals surface area contributed by atoms with Gasteiger partial charge < -0.3 is 15.2 Å². The molecular weight excluding hydrogens is 208 g/mol. The zero-order valence-corrected chi connectivity index (χ0v) is 9.47. The molecule has 0 saturated carbocycles. The van der Waals surface area contributed by atoms with E-state index in [4.69, 9.17) is 15.2 Å². The lowest BCUT2D eigenvalue weighted by atomic mass is 10.3. The zero-order valence-electron chi connectivity index (χ0n) is 9.47. The average molecular weight is 224 g/mol. The van der Waals surface area contributed by atoms with Crippen molar-refractivity contribution in [3.05, 3.63) is 23.9 Å². The van der Waals surface area contributed by atoms with Crippen LogP contribution in [-0.2, 0) is 9.47 Å². The molecule has 0 aliphatic carbocycles. The molecule has 0 aromatic carbocycles. The van der Waals surface area contributed by atoms with Crippen molar-refractivity contribution in [3.63, 3.8) is 0 Å². The fraction of sp³-hybridized carbons (Fsp3) is 0.455. The Balaban J connectivity index is 2.35. The minimum Gasteiger partial charge on any atom is -0.460 e. The van der Waals surface area contributed by atoms with Gasteiger partial charge in [0.2, 0.25) is 0 Å². The number of rotatable bonds is 5. The van der Waals surface area contributed by atoms with Crippen molar-refractivity contribution < 1.29 is 14.3 Å². The van der Waals surface area contributed by atoms with Crippen molar-refractivity contribution in [1.29, 1.82) is 0 Å². The van der Waals surface area contributed by atoms with Gasteiger partial charge in [0.05, 0.1) is 18.3 Å². The van der Waals surface area contributed by atoms with E-state index in [1.165, 1.54) is 12.3 Å². The Labute approximate surface area is 94.6 Å². The number of hydrogen-bond acceptors (Lipinski definition) is 5. The highest BCUT2D eigenvalue weighted by molar-refractivity contribution is 5.89. The van der Waals surface area contributed by atoms with E-state index < -0.39 is 5.97 Å². The highest BCUT2D eigenvalue weighted by Gasteiger charge is 2.07. The summed E-state index contributed by atoms with van der Waals surface area (Å²) in [6.07, 6.45) is 1.60. The van der Waals surface area contributed by atoms with E-state index >= 15 is 0 Å². The summed E-state index contributed by atoms with van der Waals surface area (Å²) in [6.45, 7) is 4.47. The molecule has 0 aliphatic rings. The van der Waals surface area contributed by atoms with Crippen LogP contribution in [0.15, 0.2) is 18.3 Å². The molecule has 0 spiro atoms. The number of pyridine rings is 1. The van der Waals surface area contributed by atoms with E-state index in [0.29, 0.717) is 18.0 Å². The van der Waals surface area contributed by atoms with Gasteiger partial charge in [0.15, 0.2) is 0 Å². The molecule has 0 fully saturated rings. The molecule has 1 aromatic heterocycles. The quantitative estimate of drug-likeness (QED) is 0.601. The highest BCUT2D eigenvalue weighted by atomic mass is 16.6. The van der Waals surface area contributed by atoms with Gasteiger partial charge in [0.25, 0.3) is 0 Å². The molecule has 1 heterocycles. The Morgan fingerprint density at radius 1 is 1.50 bits per heavy atom. The van der Waals surface area contributed by atoms with Gasteiger partial charge >= 0.3 is 5.97 Å². The Hall–Kier alpha value is -1.62. The number of carbonyl (C=O) groups excluding carboxylic acids is 1. The average Bonchev–Trinajstić information content (AvgIpc) is 2.24. The number of hydrogen-bond donors (Lipinski definition) is 1. The van der Waals surface area contributed by atoms with Gasteiger partial charge in [-0.2, -0.15) is 0 Å². The first-order chi connectivity index (χ1) is 7.59. The van der Waals surface area contributed by atoms with Crippen molar-refractivity contribution in [2.75, 3.05) is 18.9 Å². The van der Waals surface area contributed by atoms with E-state index in [1.54, 1.807) is 6.07 Å². The zero-order chi connectivity index (χ0) is 12.0. The fourth-order valence-corrected chi connectivity index (χ4v) is 1.08. The van der Waals surface area contributed by atoms with Crippen LogP contribution < -0.4 is 5.73 Å². The summed E-state index contributed by atoms with van der Waals surface area (Å²) in [4.78, 5) is 15.3. The standard InChI is InChI=1S/C11H16N2O3/c1-8(2)15-5-6-16-11(14)9-3-4-13-10(12)7-9/h3-4,7-8H,5-6H2,1-2H3,(H2,12,13). The van der Waals surface area contributed by atoms with Gasteiger partial charge in [0, 0.05) is 6.20 Å². The third kappa shape index (κ3) is 4.27. The van der Waals surface area contributed by atoms with Crippen molar-refractivity contribution in [2.45, 2.75) is 20.0 Å². The number of aromatic nitrogens is 1. The molecule has 0 unspecified atom stereocenters. The summed E-state index contributed by atoms with van der Waals surface area (Å²) < 4.78 is 10.2. The van der Waals surface area contributed by atoms with Crippen LogP contribution in [0.2, 0.25) is 0 Å². The summed E-state index contributed by atoms with van der Waals surface area (Å²) in [5.41, 5.74) is 5.85. The predicted octanol–water partition coefficient (Wildman–Crippen LogP) is 1.25. The maximum Gasteiger partial charge on any atom is 0.338 e. The summed E-state index contributed by atoms with van der Waals surface area (Å²) in [5, 5.41) is 0. The summed E-state index contributed by atoms with van der Waals surface area (Å²) >= 11 is 0. The van der Waals surface area contributed by atoms with Crippen LogP contribution >= 0.6 is 0 Å². The molecule has 5 nitrogen and oxygen atoms in total. The molecule has 16 heavy (non-hydrogen) atoms. The minimum atomic E-state index is -0.415. The van der Waals surface area contributed by atoms with Crippen LogP contribution in [0.3, 0.4) is 0 Å². The molecule has 0 radical (unpaired) electrons. The number of ether oxygens (including phenoxy) is 2. The number of esters is 1. The summed E-state index contributed by atoms with van der Waals surface area (Å²) in [7, 11) is 0. The van der Waals surface area contributed by atoms with E-state index in [-0.39, 0.29) is 12.7 Å². The van der Waals surface area contributed by atoms with E-state index in [9.17, 15) is 4.79 Å². The second kappa shape index (κ2) is 6.07. The smallest absolute Gasteiger partial charge is 0.338 e. The molecule has 5 heteroatoms. The van der Waals surface area contributed by atoms with Gasteiger partial charge in [-0.3, -0.25) is 0 Å². The Morgan fingerprint density at radius 3 is 2.88 bits per heavy atom. The fourth-order valence-electron chi connectivity index (χ4n) is 1.08. The molecule has 88 valence electrons. The Morgan fingerprint density at radius 2 is 2.25 bits per heavy atom. The number of nitrogens with two attached hydrogens (primary N) is 1. The summed E-state index contributed by atoms with van der Waals surface area (Å²) in [5.74, 6) is -0.116. The van der Waals surface area contributed by atoms with Crippen LogP contribution in [-0.4, -0.2) is 30.3 Å². The second-order valence-electron chi connectivity index (χ2n) is 3.52. The van der Waals surface area contributed by atoms with E-state index in [0.717, 1.165) is 0 Å². The maximum atomic E-state index is 11.5. The topological polar surface area (TPSA) is 74.4 Å². The molecule has 0 atom stereocenters. The van der Waals surface area contributed by atoms with Gasteiger partial charge in [-0.15, -0.1) is 0 Å². The highest BCUT2D eigenvalue weighted by Crippen LogP contribution is 2.04. The third-order valence-electron chi connectivity index (χ3n) is 1.78. The van der Waals surface area contributed by atoms with Crippen LogP contribution in [0.5, 0.6) is 0 Å². The molecule has 2 N–H and O–H groups in total. The number of carbonyl (C=O) groups is 1. The molecule has 0 amide bonds. The van der Waals surface area contributed by atoms with Gasteiger partial charge in [0.1, 0.15) is 12.4 Å². The number of anilines is 1. The van der Waals surface area contributed by atoms with Crippen molar-refractivity contribution in [1.82, 2.24) is 4.98 Å². The lowest BCUT2D eigenvalue weighted by Gasteiger charge is -2.08. The Bertz CT molecular complexity index is 353. The first kappa shape index (κ1) is 12.4. The molecule has 0 aliphatic heterocycles. The summed E-state index contributed by atoms with van der Waals surface area (Å²) in [6, 6.07) is 3.04. The first-order valence-corrected chi connectivity index (χ1v) is 5.10. The van der Waals surface area contributed by atoms with Gasteiger partial charge in [-0.1, -0.05) is 0 Å². The second-order valence-corrected chi connectivity index (χ2v) is 3.52. The van der Waals surface area contributed by atoms with E-state index in [2.05, 4.69) is 4.98 Å². The molecule has 1 rings (SSSR count). The van der Waals surface area contributed by atoms with Crippen molar-refractivity contribution >= 4 is 11.8 Å². The molecular formula is C11H16N2O3. The van der Waals surface area contributed by atoms with Crippen molar-refractivity contribution in [3.8, 4) is 0 Å². The number of nitrogens with zero attached hydrogens (tertiary/aromatic N) is 1. The largest absolute Gasteiger partial charge is 0.460 e.